The molecule has 20 heavy (non-hydrogen) atoms. The van der Waals surface area contributed by atoms with E-state index in [4.69, 9.17) is 4.74 Å². The summed E-state index contributed by atoms with van der Waals surface area (Å²) in [5, 5.41) is 9.34. The fraction of sp³-hybridized carbons (Fsp3) is 0.400. The van der Waals surface area contributed by atoms with Crippen LogP contribution in [0.2, 0.25) is 0 Å². The maximum absolute atomic E-state index is 12.2. The molecular formula is C15H15N3O2. The number of ketones is 1. The van der Waals surface area contributed by atoms with E-state index in [2.05, 4.69) is 16.0 Å². The molecule has 0 bridgehead atoms. The van der Waals surface area contributed by atoms with Crippen LogP contribution in [0.4, 0.5) is 0 Å². The normalized spacial score (nSPS) is 22.5. The second-order valence-corrected chi connectivity index (χ2v) is 5.07. The molecular weight excluding hydrogens is 254 g/mol. The lowest BCUT2D eigenvalue weighted by Crippen LogP contribution is -2.41. The van der Waals surface area contributed by atoms with Gasteiger partial charge in [0.2, 0.25) is 0 Å². The molecule has 1 fully saturated rings. The van der Waals surface area contributed by atoms with Gasteiger partial charge in [0.25, 0.3) is 0 Å². The molecule has 0 saturated carbocycles. The average molecular weight is 269 g/mol. The highest BCUT2D eigenvalue weighted by atomic mass is 16.5. The third kappa shape index (κ3) is 2.08. The van der Waals surface area contributed by atoms with Gasteiger partial charge in [-0.2, -0.15) is 5.26 Å². The minimum atomic E-state index is -0.123. The summed E-state index contributed by atoms with van der Waals surface area (Å²) in [7, 11) is 0. The van der Waals surface area contributed by atoms with E-state index in [1.165, 1.54) is 0 Å². The van der Waals surface area contributed by atoms with Crippen LogP contribution in [0.5, 0.6) is 0 Å². The number of rotatable bonds is 1. The van der Waals surface area contributed by atoms with Gasteiger partial charge in [0, 0.05) is 25.7 Å². The van der Waals surface area contributed by atoms with E-state index in [0.29, 0.717) is 25.4 Å². The SMILES string of the molecule is C[C@@H]1CN(C2=C(C#N)C(=O)Cc3cccnc32)CCO1. The largest absolute Gasteiger partial charge is 0.375 e. The van der Waals surface area contributed by atoms with Crippen LogP contribution in [0.25, 0.3) is 5.70 Å². The first-order valence-corrected chi connectivity index (χ1v) is 6.69. The molecule has 1 aromatic heterocycles. The Hall–Kier alpha value is -2.19. The van der Waals surface area contributed by atoms with Crippen LogP contribution in [0.15, 0.2) is 23.9 Å². The second-order valence-electron chi connectivity index (χ2n) is 5.07. The average Bonchev–Trinajstić information content (AvgIpc) is 2.45. The predicted molar refractivity (Wildman–Crippen MR) is 72.5 cm³/mol. The molecule has 0 amide bonds. The van der Waals surface area contributed by atoms with E-state index < -0.39 is 0 Å². The molecule has 1 aromatic rings. The van der Waals surface area contributed by atoms with E-state index in [9.17, 15) is 10.1 Å². The minimum Gasteiger partial charge on any atom is -0.375 e. The zero-order valence-corrected chi connectivity index (χ0v) is 11.3. The number of pyridine rings is 1. The number of carbonyl (C=O) groups excluding carboxylic acids is 1. The number of morpholine rings is 1. The van der Waals surface area contributed by atoms with Crippen molar-refractivity contribution in [2.45, 2.75) is 19.4 Å². The molecule has 0 spiro atoms. The monoisotopic (exact) mass is 269 g/mol. The van der Waals surface area contributed by atoms with E-state index in [0.717, 1.165) is 11.3 Å². The van der Waals surface area contributed by atoms with E-state index in [-0.39, 0.29) is 23.9 Å². The van der Waals surface area contributed by atoms with Crippen LogP contribution in [0, 0.1) is 11.3 Å². The molecule has 2 heterocycles. The lowest BCUT2D eigenvalue weighted by Gasteiger charge is -2.36. The topological polar surface area (TPSA) is 66.2 Å². The molecule has 2 aliphatic rings. The van der Waals surface area contributed by atoms with E-state index >= 15 is 0 Å². The Kier molecular flexibility index (Phi) is 3.25. The van der Waals surface area contributed by atoms with Crippen molar-refractivity contribution in [3.8, 4) is 6.07 Å². The summed E-state index contributed by atoms with van der Waals surface area (Å²) < 4.78 is 5.53. The quantitative estimate of drug-likeness (QED) is 0.765. The standard InChI is InChI=1S/C15H15N3O2/c1-10-9-18(5-6-20-10)15-12(8-16)13(19)7-11-3-2-4-17-14(11)15/h2-4,10H,5-7,9H2,1H3/t10-/m1/s1. The zero-order valence-electron chi connectivity index (χ0n) is 11.3. The van der Waals surface area contributed by atoms with Gasteiger partial charge in [-0.25, -0.2) is 0 Å². The fourth-order valence-electron chi connectivity index (χ4n) is 2.75. The number of allylic oxidation sites excluding steroid dienone is 1. The van der Waals surface area contributed by atoms with Gasteiger partial charge in [0.05, 0.1) is 24.1 Å². The van der Waals surface area contributed by atoms with Crippen molar-refractivity contribution in [2.75, 3.05) is 19.7 Å². The van der Waals surface area contributed by atoms with E-state index in [1.54, 1.807) is 6.20 Å². The van der Waals surface area contributed by atoms with Gasteiger partial charge in [0.1, 0.15) is 11.6 Å². The zero-order chi connectivity index (χ0) is 14.1. The number of aromatic nitrogens is 1. The van der Waals surface area contributed by atoms with Crippen molar-refractivity contribution in [2.24, 2.45) is 0 Å². The molecule has 1 aliphatic carbocycles. The molecule has 0 radical (unpaired) electrons. The predicted octanol–water partition coefficient (Wildman–Crippen LogP) is 1.16. The Labute approximate surface area is 117 Å². The lowest BCUT2D eigenvalue weighted by molar-refractivity contribution is -0.114. The maximum atomic E-state index is 12.2. The molecule has 0 unspecified atom stereocenters. The van der Waals surface area contributed by atoms with Crippen LogP contribution in [0.1, 0.15) is 18.2 Å². The molecule has 1 saturated heterocycles. The van der Waals surface area contributed by atoms with Crippen molar-refractivity contribution in [3.63, 3.8) is 0 Å². The summed E-state index contributed by atoms with van der Waals surface area (Å²) in [6, 6.07) is 5.79. The summed E-state index contributed by atoms with van der Waals surface area (Å²) in [4.78, 5) is 18.6. The van der Waals surface area contributed by atoms with Crippen LogP contribution < -0.4 is 0 Å². The molecule has 1 aliphatic heterocycles. The highest BCUT2D eigenvalue weighted by Gasteiger charge is 2.31. The number of carbonyl (C=O) groups is 1. The number of hydrogen-bond acceptors (Lipinski definition) is 5. The highest BCUT2D eigenvalue weighted by Crippen LogP contribution is 2.31. The number of Topliss-reactive ketones (excluding diaryl/α,β-unsaturated/α-hetero) is 1. The van der Waals surface area contributed by atoms with Gasteiger partial charge in [-0.05, 0) is 18.6 Å². The summed E-state index contributed by atoms with van der Waals surface area (Å²) in [6.07, 6.45) is 2.04. The molecule has 102 valence electrons. The number of hydrogen-bond donors (Lipinski definition) is 0. The third-order valence-corrected chi connectivity index (χ3v) is 3.65. The summed E-state index contributed by atoms with van der Waals surface area (Å²) in [5.74, 6) is -0.123. The molecule has 5 nitrogen and oxygen atoms in total. The van der Waals surface area contributed by atoms with Crippen LogP contribution >= 0.6 is 0 Å². The molecule has 0 aromatic carbocycles. The van der Waals surface area contributed by atoms with Crippen molar-refractivity contribution in [1.82, 2.24) is 9.88 Å². The first-order chi connectivity index (χ1) is 9.70. The Bertz CT molecular complexity index is 630. The van der Waals surface area contributed by atoms with Gasteiger partial charge >= 0.3 is 0 Å². The molecule has 3 rings (SSSR count). The van der Waals surface area contributed by atoms with Crippen molar-refractivity contribution < 1.29 is 9.53 Å². The molecule has 0 N–H and O–H groups in total. The van der Waals surface area contributed by atoms with Gasteiger partial charge < -0.3 is 9.64 Å². The number of nitrogens with zero attached hydrogens (tertiary/aromatic N) is 3. The first kappa shape index (κ1) is 12.8. The summed E-state index contributed by atoms with van der Waals surface area (Å²) in [6.45, 7) is 3.93. The Balaban J connectivity index is 2.12. The van der Waals surface area contributed by atoms with Crippen molar-refractivity contribution in [3.05, 3.63) is 35.2 Å². The Morgan fingerprint density at radius 3 is 3.15 bits per heavy atom. The smallest absolute Gasteiger partial charge is 0.180 e. The lowest BCUT2D eigenvalue weighted by atomic mass is 9.91. The highest BCUT2D eigenvalue weighted by molar-refractivity contribution is 6.09. The number of ether oxygens (including phenoxy) is 1. The van der Waals surface area contributed by atoms with E-state index in [1.807, 2.05) is 19.1 Å². The number of nitriles is 1. The van der Waals surface area contributed by atoms with Gasteiger partial charge in [-0.1, -0.05) is 6.07 Å². The van der Waals surface area contributed by atoms with Gasteiger partial charge in [0.15, 0.2) is 5.78 Å². The molecule has 5 heteroatoms. The van der Waals surface area contributed by atoms with Crippen LogP contribution in [-0.2, 0) is 16.0 Å². The van der Waals surface area contributed by atoms with Crippen LogP contribution in [0.3, 0.4) is 0 Å². The van der Waals surface area contributed by atoms with Gasteiger partial charge in [-0.15, -0.1) is 0 Å². The summed E-state index contributed by atoms with van der Waals surface area (Å²) in [5.41, 5.74) is 2.56. The maximum Gasteiger partial charge on any atom is 0.180 e. The summed E-state index contributed by atoms with van der Waals surface area (Å²) >= 11 is 0. The number of fused-ring (bicyclic) bond motifs is 1. The van der Waals surface area contributed by atoms with Crippen molar-refractivity contribution >= 4 is 11.5 Å². The fourth-order valence-corrected chi connectivity index (χ4v) is 2.75. The molecule has 1 atom stereocenters. The Morgan fingerprint density at radius 2 is 2.40 bits per heavy atom. The van der Waals surface area contributed by atoms with Crippen LogP contribution in [-0.4, -0.2) is 41.5 Å². The Morgan fingerprint density at radius 1 is 1.55 bits per heavy atom. The van der Waals surface area contributed by atoms with Gasteiger partial charge in [-0.3, -0.25) is 9.78 Å². The van der Waals surface area contributed by atoms with Crippen molar-refractivity contribution in [1.29, 1.82) is 5.26 Å². The second kappa shape index (κ2) is 5.06. The third-order valence-electron chi connectivity index (χ3n) is 3.65. The first-order valence-electron chi connectivity index (χ1n) is 6.69. The minimum absolute atomic E-state index is 0.0837.